The van der Waals surface area contributed by atoms with E-state index in [0.29, 0.717) is 18.9 Å². The molecule has 26 heavy (non-hydrogen) atoms. The van der Waals surface area contributed by atoms with Gasteiger partial charge in [0.25, 0.3) is 5.91 Å². The molecule has 4 heteroatoms. The summed E-state index contributed by atoms with van der Waals surface area (Å²) < 4.78 is 11.4. The van der Waals surface area contributed by atoms with Crippen LogP contribution in [0.15, 0.2) is 66.7 Å². The molecule has 134 valence electrons. The lowest BCUT2D eigenvalue weighted by Gasteiger charge is -2.15. The highest BCUT2D eigenvalue weighted by Crippen LogP contribution is 2.21. The molecule has 1 atom stereocenters. The monoisotopic (exact) mass is 349 g/mol. The molecule has 0 aliphatic carbocycles. The fourth-order valence-corrected chi connectivity index (χ4v) is 2.62. The number of carbonyl (C=O) groups is 1. The minimum absolute atomic E-state index is 0.161. The fraction of sp³-hybridized carbons (Fsp3) is 0.227. The molecule has 1 unspecified atom stereocenters. The summed E-state index contributed by atoms with van der Waals surface area (Å²) >= 11 is 0. The van der Waals surface area contributed by atoms with E-state index in [4.69, 9.17) is 9.47 Å². The quantitative estimate of drug-likeness (QED) is 0.653. The van der Waals surface area contributed by atoms with Crippen LogP contribution in [-0.2, 0) is 4.79 Å². The van der Waals surface area contributed by atoms with Crippen LogP contribution >= 0.6 is 0 Å². The van der Waals surface area contributed by atoms with E-state index in [1.54, 1.807) is 6.92 Å². The summed E-state index contributed by atoms with van der Waals surface area (Å²) in [7, 11) is 0. The predicted molar refractivity (Wildman–Crippen MR) is 104 cm³/mol. The number of benzene rings is 3. The Kier molecular flexibility index (Phi) is 5.74. The Hall–Kier alpha value is -3.01. The van der Waals surface area contributed by atoms with Crippen molar-refractivity contribution in [1.29, 1.82) is 0 Å². The molecular formula is C22H23NO3. The smallest absolute Gasteiger partial charge is 0.260 e. The normalized spacial score (nSPS) is 11.8. The van der Waals surface area contributed by atoms with Crippen molar-refractivity contribution in [2.75, 3.05) is 13.2 Å². The second kappa shape index (κ2) is 8.39. The lowest BCUT2D eigenvalue weighted by Crippen LogP contribution is -2.38. The maximum Gasteiger partial charge on any atom is 0.260 e. The topological polar surface area (TPSA) is 47.6 Å². The summed E-state index contributed by atoms with van der Waals surface area (Å²) in [6.45, 7) is 4.61. The number of carbonyl (C=O) groups excluding carboxylic acids is 1. The van der Waals surface area contributed by atoms with E-state index in [1.165, 1.54) is 5.56 Å². The zero-order valence-electron chi connectivity index (χ0n) is 15.1. The lowest BCUT2D eigenvalue weighted by molar-refractivity contribution is -0.127. The van der Waals surface area contributed by atoms with Crippen molar-refractivity contribution in [3.8, 4) is 11.5 Å². The van der Waals surface area contributed by atoms with Gasteiger partial charge in [-0.15, -0.1) is 0 Å². The highest BCUT2D eigenvalue weighted by molar-refractivity contribution is 5.84. The molecule has 0 aromatic heterocycles. The zero-order chi connectivity index (χ0) is 18.4. The summed E-state index contributed by atoms with van der Waals surface area (Å²) in [6.07, 6.45) is -0.574. The number of fused-ring (bicyclic) bond motifs is 1. The molecule has 0 bridgehead atoms. The van der Waals surface area contributed by atoms with Crippen molar-refractivity contribution in [3.05, 3.63) is 72.3 Å². The number of nitrogens with one attached hydrogen (secondary N) is 1. The third-order valence-electron chi connectivity index (χ3n) is 4.09. The van der Waals surface area contributed by atoms with E-state index in [-0.39, 0.29) is 5.91 Å². The van der Waals surface area contributed by atoms with Gasteiger partial charge in [-0.05, 0) is 48.9 Å². The first-order valence-electron chi connectivity index (χ1n) is 8.74. The predicted octanol–water partition coefficient (Wildman–Crippen LogP) is 4.11. The van der Waals surface area contributed by atoms with E-state index >= 15 is 0 Å². The van der Waals surface area contributed by atoms with Gasteiger partial charge in [-0.2, -0.15) is 0 Å². The van der Waals surface area contributed by atoms with Gasteiger partial charge in [0.1, 0.15) is 18.1 Å². The molecule has 0 aliphatic rings. The number of ether oxygens (including phenoxy) is 2. The van der Waals surface area contributed by atoms with Crippen molar-refractivity contribution in [2.45, 2.75) is 20.0 Å². The molecular weight excluding hydrogens is 326 g/mol. The Bertz CT molecular complexity index is 874. The standard InChI is InChI=1S/C22H23NO3/c1-16-7-10-20(11-8-16)25-14-13-23-22(24)17(2)26-21-12-9-18-5-3-4-6-19(18)15-21/h3-12,15,17H,13-14H2,1-2H3,(H,23,24). The van der Waals surface area contributed by atoms with E-state index < -0.39 is 6.10 Å². The van der Waals surface area contributed by atoms with Gasteiger partial charge in [0.15, 0.2) is 6.10 Å². The number of rotatable bonds is 7. The first-order chi connectivity index (χ1) is 12.6. The van der Waals surface area contributed by atoms with Crippen LogP contribution < -0.4 is 14.8 Å². The summed E-state index contributed by atoms with van der Waals surface area (Å²) in [6, 6.07) is 21.7. The Balaban J connectivity index is 1.45. The van der Waals surface area contributed by atoms with Gasteiger partial charge in [0.05, 0.1) is 6.54 Å². The van der Waals surface area contributed by atoms with E-state index in [2.05, 4.69) is 5.32 Å². The molecule has 0 saturated carbocycles. The Labute approximate surface area is 153 Å². The minimum atomic E-state index is -0.574. The van der Waals surface area contributed by atoms with Gasteiger partial charge >= 0.3 is 0 Å². The van der Waals surface area contributed by atoms with Gasteiger partial charge in [-0.25, -0.2) is 0 Å². The van der Waals surface area contributed by atoms with Gasteiger partial charge < -0.3 is 14.8 Å². The Morgan fingerprint density at radius 1 is 0.962 bits per heavy atom. The fourth-order valence-electron chi connectivity index (χ4n) is 2.62. The van der Waals surface area contributed by atoms with Crippen molar-refractivity contribution < 1.29 is 14.3 Å². The molecule has 1 N–H and O–H groups in total. The summed E-state index contributed by atoms with van der Waals surface area (Å²) in [5.41, 5.74) is 1.19. The van der Waals surface area contributed by atoms with Crippen LogP contribution in [0.1, 0.15) is 12.5 Å². The van der Waals surface area contributed by atoms with Crippen LogP contribution in [0.25, 0.3) is 10.8 Å². The lowest BCUT2D eigenvalue weighted by atomic mass is 10.1. The third-order valence-corrected chi connectivity index (χ3v) is 4.09. The first kappa shape index (κ1) is 17.8. The summed E-state index contributed by atoms with van der Waals surface area (Å²) in [4.78, 5) is 12.2. The average molecular weight is 349 g/mol. The van der Waals surface area contributed by atoms with Crippen molar-refractivity contribution in [2.24, 2.45) is 0 Å². The highest BCUT2D eigenvalue weighted by Gasteiger charge is 2.14. The average Bonchev–Trinajstić information content (AvgIpc) is 2.66. The van der Waals surface area contributed by atoms with E-state index in [1.807, 2.05) is 73.7 Å². The maximum absolute atomic E-state index is 12.2. The first-order valence-corrected chi connectivity index (χ1v) is 8.74. The van der Waals surface area contributed by atoms with Gasteiger partial charge in [0.2, 0.25) is 0 Å². The van der Waals surface area contributed by atoms with Crippen molar-refractivity contribution >= 4 is 16.7 Å². The molecule has 1 amide bonds. The van der Waals surface area contributed by atoms with Crippen LogP contribution in [0.5, 0.6) is 11.5 Å². The third kappa shape index (κ3) is 4.76. The molecule has 0 heterocycles. The van der Waals surface area contributed by atoms with Crippen molar-refractivity contribution in [3.63, 3.8) is 0 Å². The molecule has 0 fully saturated rings. The SMILES string of the molecule is Cc1ccc(OCCNC(=O)C(C)Oc2ccc3ccccc3c2)cc1. The zero-order valence-corrected chi connectivity index (χ0v) is 15.1. The molecule has 3 aromatic carbocycles. The number of aryl methyl sites for hydroxylation is 1. The molecule has 0 spiro atoms. The van der Waals surface area contributed by atoms with E-state index in [9.17, 15) is 4.79 Å². The molecule has 3 rings (SSSR count). The summed E-state index contributed by atoms with van der Waals surface area (Å²) in [5.74, 6) is 1.32. The van der Waals surface area contributed by atoms with Gasteiger partial charge in [-0.3, -0.25) is 4.79 Å². The van der Waals surface area contributed by atoms with Gasteiger partial charge in [-0.1, -0.05) is 48.0 Å². The second-order valence-corrected chi connectivity index (χ2v) is 6.22. The largest absolute Gasteiger partial charge is 0.492 e. The van der Waals surface area contributed by atoms with Crippen molar-refractivity contribution in [1.82, 2.24) is 5.32 Å². The second-order valence-electron chi connectivity index (χ2n) is 6.22. The molecule has 0 radical (unpaired) electrons. The van der Waals surface area contributed by atoms with Crippen LogP contribution in [0.3, 0.4) is 0 Å². The van der Waals surface area contributed by atoms with Crippen LogP contribution in [0.2, 0.25) is 0 Å². The molecule has 0 saturated heterocycles. The van der Waals surface area contributed by atoms with Gasteiger partial charge in [0, 0.05) is 0 Å². The highest BCUT2D eigenvalue weighted by atomic mass is 16.5. The molecule has 3 aromatic rings. The number of hydrogen-bond acceptors (Lipinski definition) is 3. The van der Waals surface area contributed by atoms with Crippen LogP contribution in [-0.4, -0.2) is 25.2 Å². The van der Waals surface area contributed by atoms with E-state index in [0.717, 1.165) is 16.5 Å². The number of amides is 1. The number of hydrogen-bond donors (Lipinski definition) is 1. The van der Waals surface area contributed by atoms with Crippen LogP contribution in [0, 0.1) is 6.92 Å². The molecule has 0 aliphatic heterocycles. The Morgan fingerprint density at radius 2 is 1.65 bits per heavy atom. The van der Waals surface area contributed by atoms with Crippen LogP contribution in [0.4, 0.5) is 0 Å². The maximum atomic E-state index is 12.2. The minimum Gasteiger partial charge on any atom is -0.492 e. The Morgan fingerprint density at radius 3 is 2.42 bits per heavy atom. The molecule has 4 nitrogen and oxygen atoms in total. The summed E-state index contributed by atoms with van der Waals surface area (Å²) in [5, 5.41) is 5.06.